The quantitative estimate of drug-likeness (QED) is 0.319. The molecule has 2 aliphatic rings. The van der Waals surface area contributed by atoms with Gasteiger partial charge in [-0.1, -0.05) is 18.2 Å². The Labute approximate surface area is 225 Å². The van der Waals surface area contributed by atoms with E-state index in [-0.39, 0.29) is 18.9 Å². The number of aryl methyl sites for hydroxylation is 1. The minimum absolute atomic E-state index is 0.165. The Balaban J connectivity index is 1.34. The maximum Gasteiger partial charge on any atom is 0.244 e. The van der Waals surface area contributed by atoms with Gasteiger partial charge in [0.25, 0.3) is 0 Å². The van der Waals surface area contributed by atoms with Gasteiger partial charge in [0.15, 0.2) is 11.5 Å². The van der Waals surface area contributed by atoms with E-state index in [1.165, 1.54) is 46.5 Å². The Morgan fingerprint density at radius 3 is 2.73 bits per heavy atom. The highest BCUT2D eigenvalue weighted by atomic mass is 19.1. The van der Waals surface area contributed by atoms with Crippen LogP contribution in [0.25, 0.3) is 17.0 Å². The first-order valence-electron chi connectivity index (χ1n) is 12.4. The van der Waals surface area contributed by atoms with Crippen molar-refractivity contribution in [2.24, 2.45) is 0 Å². The van der Waals surface area contributed by atoms with Crippen LogP contribution in [-0.2, 0) is 19.8 Å². The summed E-state index contributed by atoms with van der Waals surface area (Å²) in [6.45, 7) is 1.46. The number of imidazole rings is 1. The number of hydrogen-bond acceptors (Lipinski definition) is 7. The van der Waals surface area contributed by atoms with Crippen molar-refractivity contribution in [1.29, 1.82) is 0 Å². The minimum atomic E-state index is -1.41. The number of para-hydroxylation sites is 1. The topological polar surface area (TPSA) is 151 Å². The Morgan fingerprint density at radius 1 is 1.10 bits per heavy atom. The number of fused-ring (bicyclic) bond motifs is 5. The van der Waals surface area contributed by atoms with E-state index in [0.29, 0.717) is 51.0 Å². The van der Waals surface area contributed by atoms with Crippen molar-refractivity contribution in [2.75, 3.05) is 22.1 Å². The first-order chi connectivity index (χ1) is 19.4. The van der Waals surface area contributed by atoms with Crippen LogP contribution in [-0.4, -0.2) is 54.0 Å². The molecule has 198 valence electrons. The number of nitrogens with one attached hydrogen (secondary N) is 3. The first-order valence-corrected chi connectivity index (χ1v) is 12.4. The molecular weight excluding hydrogens is 517 g/mol. The predicted octanol–water partition coefficient (Wildman–Crippen LogP) is 2.60. The molecular formula is C27H20FN9O3. The molecule has 0 radical (unpaired) electrons. The Hall–Kier alpha value is -5.46. The third-order valence-corrected chi connectivity index (χ3v) is 7.27. The summed E-state index contributed by atoms with van der Waals surface area (Å²) in [4.78, 5) is 57.7. The molecule has 5 heterocycles. The molecule has 40 heavy (non-hydrogen) atoms. The molecule has 7 rings (SSSR count). The number of H-pyrrole nitrogens is 1. The Bertz CT molecular complexity index is 1860. The highest BCUT2D eigenvalue weighted by Crippen LogP contribution is 2.53. The second kappa shape index (κ2) is 8.53. The number of aromatic amines is 1. The fraction of sp³-hybridized carbons (Fsp3) is 0.148. The number of carbonyl (C=O) groups excluding carboxylic acids is 3. The van der Waals surface area contributed by atoms with Crippen LogP contribution >= 0.6 is 0 Å². The van der Waals surface area contributed by atoms with Crippen LogP contribution in [0.4, 0.5) is 21.6 Å². The summed E-state index contributed by atoms with van der Waals surface area (Å²) < 4.78 is 14.8. The van der Waals surface area contributed by atoms with Gasteiger partial charge in [0.2, 0.25) is 17.7 Å². The molecule has 13 heteroatoms. The molecule has 2 aliphatic heterocycles. The lowest BCUT2D eigenvalue weighted by molar-refractivity contribution is -0.127. The standard InChI is InChI=1S/C27H20FN9O3/c1-14-21-24(37(35-14)25-22-23(30-12-29-22)31-13-32-25)34-19(38)10-27(21)17-4-2-3-5-18(17)36(26(27)40)11-20(39)33-16-8-6-15(28)7-9-16/h2-9,12-13H,10-11H2,1H3,(H,33,39)(H,34,38)(H,29,30,31,32). The summed E-state index contributed by atoms with van der Waals surface area (Å²) in [5.41, 5.74) is 2.08. The van der Waals surface area contributed by atoms with E-state index in [1.54, 1.807) is 31.2 Å². The van der Waals surface area contributed by atoms with E-state index in [4.69, 9.17) is 0 Å². The van der Waals surface area contributed by atoms with Crippen molar-refractivity contribution in [1.82, 2.24) is 29.7 Å². The van der Waals surface area contributed by atoms with E-state index in [1.807, 2.05) is 0 Å². The normalized spacial score (nSPS) is 17.7. The van der Waals surface area contributed by atoms with E-state index in [9.17, 15) is 18.8 Å². The van der Waals surface area contributed by atoms with Crippen LogP contribution in [0.3, 0.4) is 0 Å². The van der Waals surface area contributed by atoms with Gasteiger partial charge in [-0.25, -0.2) is 19.3 Å². The van der Waals surface area contributed by atoms with Crippen LogP contribution in [0.2, 0.25) is 0 Å². The van der Waals surface area contributed by atoms with Crippen LogP contribution in [0.15, 0.2) is 61.2 Å². The molecule has 1 unspecified atom stereocenters. The summed E-state index contributed by atoms with van der Waals surface area (Å²) in [7, 11) is 0. The number of carbonyl (C=O) groups is 3. The van der Waals surface area contributed by atoms with Crippen molar-refractivity contribution in [3.8, 4) is 5.82 Å². The second-order valence-corrected chi connectivity index (χ2v) is 9.61. The third kappa shape index (κ3) is 3.33. The summed E-state index contributed by atoms with van der Waals surface area (Å²) in [6, 6.07) is 12.4. The lowest BCUT2D eigenvalue weighted by Gasteiger charge is -2.33. The molecule has 1 spiro atoms. The number of nitrogens with zero attached hydrogens (tertiary/aromatic N) is 6. The van der Waals surface area contributed by atoms with Gasteiger partial charge in [0.05, 0.1) is 12.0 Å². The lowest BCUT2D eigenvalue weighted by Crippen LogP contribution is -2.48. The SMILES string of the molecule is Cc1nn(-c2ncnc3nc[nH]c23)c2c1C1(CC(=O)N2)C(=O)N(CC(=O)Nc2ccc(F)cc2)c2ccccc21. The number of aromatic nitrogens is 6. The predicted molar refractivity (Wildman–Crippen MR) is 141 cm³/mol. The molecule has 0 fully saturated rings. The molecule has 3 N–H and O–H groups in total. The largest absolute Gasteiger partial charge is 0.340 e. The maximum atomic E-state index is 14.4. The number of hydrogen-bond donors (Lipinski definition) is 3. The number of amides is 3. The molecule has 0 saturated carbocycles. The Morgan fingerprint density at radius 2 is 1.90 bits per heavy atom. The monoisotopic (exact) mass is 537 g/mol. The zero-order chi connectivity index (χ0) is 27.6. The Kier molecular flexibility index (Phi) is 5.04. The van der Waals surface area contributed by atoms with E-state index in [0.717, 1.165) is 0 Å². The molecule has 1 atom stereocenters. The van der Waals surface area contributed by atoms with Crippen molar-refractivity contribution in [2.45, 2.75) is 18.8 Å². The van der Waals surface area contributed by atoms with Gasteiger partial charge in [0.1, 0.15) is 35.4 Å². The number of rotatable bonds is 4. The van der Waals surface area contributed by atoms with Crippen LogP contribution in [0.1, 0.15) is 23.2 Å². The van der Waals surface area contributed by atoms with Gasteiger partial charge in [-0.2, -0.15) is 9.78 Å². The number of anilines is 3. The minimum Gasteiger partial charge on any atom is -0.340 e. The highest BCUT2D eigenvalue weighted by Gasteiger charge is 2.58. The molecule has 0 saturated heterocycles. The molecule has 0 aliphatic carbocycles. The second-order valence-electron chi connectivity index (χ2n) is 9.61. The van der Waals surface area contributed by atoms with Crippen molar-refractivity contribution in [3.63, 3.8) is 0 Å². The summed E-state index contributed by atoms with van der Waals surface area (Å²) >= 11 is 0. The lowest BCUT2D eigenvalue weighted by atomic mass is 9.70. The molecule has 0 bridgehead atoms. The molecule has 12 nitrogen and oxygen atoms in total. The maximum absolute atomic E-state index is 14.4. The van der Waals surface area contributed by atoms with Gasteiger partial charge >= 0.3 is 0 Å². The van der Waals surface area contributed by atoms with Crippen molar-refractivity contribution >= 4 is 46.1 Å². The van der Waals surface area contributed by atoms with E-state index >= 15 is 0 Å². The van der Waals surface area contributed by atoms with Gasteiger partial charge in [0, 0.05) is 23.4 Å². The average molecular weight is 538 g/mol. The van der Waals surface area contributed by atoms with Crippen LogP contribution < -0.4 is 15.5 Å². The zero-order valence-corrected chi connectivity index (χ0v) is 21.0. The molecule has 5 aromatic rings. The number of halogens is 1. The molecule has 3 aromatic heterocycles. The van der Waals surface area contributed by atoms with Gasteiger partial charge < -0.3 is 20.5 Å². The van der Waals surface area contributed by atoms with E-state index < -0.39 is 23.0 Å². The fourth-order valence-corrected chi connectivity index (χ4v) is 5.70. The average Bonchev–Trinajstić information content (AvgIpc) is 3.61. The van der Waals surface area contributed by atoms with Gasteiger partial charge in [-0.05, 0) is 42.8 Å². The summed E-state index contributed by atoms with van der Waals surface area (Å²) in [5, 5.41) is 10.3. The molecule has 3 amide bonds. The molecule has 2 aromatic carbocycles. The number of benzene rings is 2. The van der Waals surface area contributed by atoms with Crippen LogP contribution in [0.5, 0.6) is 0 Å². The van der Waals surface area contributed by atoms with Crippen molar-refractivity contribution < 1.29 is 18.8 Å². The first kappa shape index (κ1) is 23.6. The van der Waals surface area contributed by atoms with Gasteiger partial charge in [-0.3, -0.25) is 14.4 Å². The van der Waals surface area contributed by atoms with Crippen LogP contribution in [0, 0.1) is 12.7 Å². The summed E-state index contributed by atoms with van der Waals surface area (Å²) in [6.07, 6.45) is 2.67. The van der Waals surface area contributed by atoms with Gasteiger partial charge in [-0.15, -0.1) is 0 Å². The van der Waals surface area contributed by atoms with Crippen molar-refractivity contribution in [3.05, 3.63) is 83.8 Å². The summed E-state index contributed by atoms with van der Waals surface area (Å²) in [5.74, 6) is -1.04. The smallest absolute Gasteiger partial charge is 0.244 e. The highest BCUT2D eigenvalue weighted by molar-refractivity contribution is 6.18. The third-order valence-electron chi connectivity index (χ3n) is 7.27. The zero-order valence-electron chi connectivity index (χ0n) is 21.0. The fourth-order valence-electron chi connectivity index (χ4n) is 5.70. The van der Waals surface area contributed by atoms with E-state index in [2.05, 4.69) is 35.7 Å².